The Labute approximate surface area is 126 Å². The van der Waals surface area contributed by atoms with Crippen molar-refractivity contribution in [2.24, 2.45) is 5.73 Å². The molecule has 1 fully saturated rings. The van der Waals surface area contributed by atoms with Crippen molar-refractivity contribution in [1.29, 1.82) is 0 Å². The van der Waals surface area contributed by atoms with Crippen molar-refractivity contribution in [2.45, 2.75) is 25.4 Å². The molecule has 1 aliphatic heterocycles. The van der Waals surface area contributed by atoms with Crippen LogP contribution in [0, 0.1) is 0 Å². The summed E-state index contributed by atoms with van der Waals surface area (Å²) >= 11 is 0. The van der Waals surface area contributed by atoms with Gasteiger partial charge in [-0.15, -0.1) is 0 Å². The van der Waals surface area contributed by atoms with Crippen LogP contribution in [0.2, 0.25) is 0 Å². The number of rotatable bonds is 6. The summed E-state index contributed by atoms with van der Waals surface area (Å²) in [5, 5.41) is 3.40. The molecule has 1 aliphatic rings. The minimum absolute atomic E-state index is 0.152. The highest BCUT2D eigenvalue weighted by molar-refractivity contribution is 5.86. The van der Waals surface area contributed by atoms with Gasteiger partial charge in [0.05, 0.1) is 13.2 Å². The zero-order valence-corrected chi connectivity index (χ0v) is 12.8. The predicted molar refractivity (Wildman–Crippen MR) is 82.8 cm³/mol. The van der Waals surface area contributed by atoms with E-state index in [0.29, 0.717) is 19.8 Å². The van der Waals surface area contributed by atoms with E-state index in [-0.39, 0.29) is 11.9 Å². The molecule has 1 unspecified atom stereocenters. The van der Waals surface area contributed by atoms with Gasteiger partial charge in [0, 0.05) is 25.7 Å². The number of hydrogen-bond donors (Lipinski definition) is 2. The van der Waals surface area contributed by atoms with Gasteiger partial charge < -0.3 is 10.5 Å². The number of nitrogens with two attached hydrogens (primary N) is 1. The number of primary amides is 1. The third kappa shape index (κ3) is 3.81. The Bertz CT molecular complexity index is 458. The fourth-order valence-electron chi connectivity index (χ4n) is 2.82. The molecule has 1 aromatic rings. The third-order valence-electron chi connectivity index (χ3n) is 3.79. The molecule has 21 heavy (non-hydrogen) atoms. The molecule has 1 saturated heterocycles. The van der Waals surface area contributed by atoms with Gasteiger partial charge in [0.25, 0.3) is 0 Å². The fourth-order valence-corrected chi connectivity index (χ4v) is 2.82. The van der Waals surface area contributed by atoms with Crippen molar-refractivity contribution in [3.63, 3.8) is 0 Å². The molecule has 5 nitrogen and oxygen atoms in total. The quantitative estimate of drug-likeness (QED) is 0.809. The zero-order chi connectivity index (χ0) is 15.3. The molecule has 1 atom stereocenters. The van der Waals surface area contributed by atoms with Crippen LogP contribution in [0.1, 0.15) is 19.4 Å². The van der Waals surface area contributed by atoms with E-state index in [9.17, 15) is 4.79 Å². The standard InChI is InChI=1S/C16H25N3O2/c1-13(2)18-16(15(17)20,14-6-4-3-5-7-14)12-19-8-10-21-11-9-19/h3-7,13,18H,8-12H2,1-2H3,(H2,17,20). The summed E-state index contributed by atoms with van der Waals surface area (Å²) in [6, 6.07) is 9.89. The monoisotopic (exact) mass is 291 g/mol. The normalized spacial score (nSPS) is 19.4. The molecule has 116 valence electrons. The molecule has 0 radical (unpaired) electrons. The Morgan fingerprint density at radius 1 is 1.33 bits per heavy atom. The number of carbonyl (C=O) groups excluding carboxylic acids is 1. The van der Waals surface area contributed by atoms with Gasteiger partial charge in [-0.05, 0) is 19.4 Å². The topological polar surface area (TPSA) is 67.6 Å². The van der Waals surface area contributed by atoms with Crippen LogP contribution in [-0.2, 0) is 15.1 Å². The Morgan fingerprint density at radius 2 is 1.95 bits per heavy atom. The lowest BCUT2D eigenvalue weighted by Crippen LogP contribution is -2.61. The molecule has 2 rings (SSSR count). The third-order valence-corrected chi connectivity index (χ3v) is 3.79. The smallest absolute Gasteiger partial charge is 0.243 e. The lowest BCUT2D eigenvalue weighted by molar-refractivity contribution is -0.126. The van der Waals surface area contributed by atoms with Gasteiger partial charge in [0.2, 0.25) is 5.91 Å². The number of amides is 1. The molecule has 3 N–H and O–H groups in total. The van der Waals surface area contributed by atoms with Gasteiger partial charge in [0.15, 0.2) is 0 Å². The summed E-state index contributed by atoms with van der Waals surface area (Å²) in [5.41, 5.74) is 5.86. The van der Waals surface area contributed by atoms with E-state index in [1.54, 1.807) is 0 Å². The van der Waals surface area contributed by atoms with E-state index >= 15 is 0 Å². The van der Waals surface area contributed by atoms with Crippen LogP contribution >= 0.6 is 0 Å². The van der Waals surface area contributed by atoms with E-state index in [1.807, 2.05) is 44.2 Å². The lowest BCUT2D eigenvalue weighted by atomic mass is 9.87. The SMILES string of the molecule is CC(C)NC(CN1CCOCC1)(C(N)=O)c1ccccc1. The summed E-state index contributed by atoms with van der Waals surface area (Å²) in [7, 11) is 0. The molecule has 0 saturated carbocycles. The van der Waals surface area contributed by atoms with E-state index in [0.717, 1.165) is 18.7 Å². The summed E-state index contributed by atoms with van der Waals surface area (Å²) in [4.78, 5) is 14.6. The Morgan fingerprint density at radius 3 is 2.48 bits per heavy atom. The highest BCUT2D eigenvalue weighted by Crippen LogP contribution is 2.24. The number of morpholine rings is 1. The maximum absolute atomic E-state index is 12.3. The maximum Gasteiger partial charge on any atom is 0.243 e. The van der Waals surface area contributed by atoms with Crippen molar-refractivity contribution in [3.05, 3.63) is 35.9 Å². The second-order valence-electron chi connectivity index (χ2n) is 5.82. The van der Waals surface area contributed by atoms with Gasteiger partial charge >= 0.3 is 0 Å². The van der Waals surface area contributed by atoms with E-state index < -0.39 is 5.54 Å². The summed E-state index contributed by atoms with van der Waals surface area (Å²) in [6.07, 6.45) is 0. The average Bonchev–Trinajstić information content (AvgIpc) is 2.48. The lowest BCUT2D eigenvalue weighted by Gasteiger charge is -2.39. The first-order chi connectivity index (χ1) is 10.0. The Hall–Kier alpha value is -1.43. The van der Waals surface area contributed by atoms with Crippen LogP contribution < -0.4 is 11.1 Å². The molecular formula is C16H25N3O2. The number of nitrogens with one attached hydrogen (secondary N) is 1. The highest BCUT2D eigenvalue weighted by atomic mass is 16.5. The van der Waals surface area contributed by atoms with Crippen LogP contribution in [0.5, 0.6) is 0 Å². The molecule has 0 bridgehead atoms. The van der Waals surface area contributed by atoms with E-state index in [4.69, 9.17) is 10.5 Å². The molecule has 1 heterocycles. The van der Waals surface area contributed by atoms with Gasteiger partial charge in [-0.25, -0.2) is 0 Å². The van der Waals surface area contributed by atoms with Crippen LogP contribution in [0.3, 0.4) is 0 Å². The fraction of sp³-hybridized carbons (Fsp3) is 0.562. The van der Waals surface area contributed by atoms with Crippen molar-refractivity contribution >= 4 is 5.91 Å². The second kappa shape index (κ2) is 7.02. The predicted octanol–water partition coefficient (Wildman–Crippen LogP) is 0.697. The van der Waals surface area contributed by atoms with Crippen LogP contribution in [0.25, 0.3) is 0 Å². The Kier molecular flexibility index (Phi) is 5.33. The number of carbonyl (C=O) groups is 1. The van der Waals surface area contributed by atoms with E-state index in [2.05, 4.69) is 10.2 Å². The number of benzene rings is 1. The number of hydrogen-bond acceptors (Lipinski definition) is 4. The van der Waals surface area contributed by atoms with Crippen molar-refractivity contribution in [1.82, 2.24) is 10.2 Å². The first kappa shape index (κ1) is 15.9. The van der Waals surface area contributed by atoms with Crippen LogP contribution in [0.15, 0.2) is 30.3 Å². The molecule has 0 aromatic heterocycles. The molecule has 5 heteroatoms. The van der Waals surface area contributed by atoms with Crippen molar-refractivity contribution < 1.29 is 9.53 Å². The van der Waals surface area contributed by atoms with Crippen LogP contribution in [-0.4, -0.2) is 49.7 Å². The second-order valence-corrected chi connectivity index (χ2v) is 5.82. The van der Waals surface area contributed by atoms with Gasteiger partial charge in [-0.2, -0.15) is 0 Å². The van der Waals surface area contributed by atoms with Crippen molar-refractivity contribution in [2.75, 3.05) is 32.8 Å². The molecule has 0 spiro atoms. The van der Waals surface area contributed by atoms with Gasteiger partial charge in [-0.1, -0.05) is 30.3 Å². The minimum Gasteiger partial charge on any atom is -0.379 e. The van der Waals surface area contributed by atoms with Crippen LogP contribution in [0.4, 0.5) is 0 Å². The number of nitrogens with zero attached hydrogens (tertiary/aromatic N) is 1. The first-order valence-electron chi connectivity index (χ1n) is 7.48. The number of ether oxygens (including phenoxy) is 1. The molecular weight excluding hydrogens is 266 g/mol. The summed E-state index contributed by atoms with van der Waals surface area (Å²) in [6.45, 7) is 7.66. The summed E-state index contributed by atoms with van der Waals surface area (Å²) < 4.78 is 5.38. The maximum atomic E-state index is 12.3. The highest BCUT2D eigenvalue weighted by Gasteiger charge is 2.40. The average molecular weight is 291 g/mol. The van der Waals surface area contributed by atoms with Crippen molar-refractivity contribution in [3.8, 4) is 0 Å². The Balaban J connectivity index is 2.33. The molecule has 1 aromatic carbocycles. The van der Waals surface area contributed by atoms with Gasteiger partial charge in [0.1, 0.15) is 5.54 Å². The molecule has 0 aliphatic carbocycles. The largest absolute Gasteiger partial charge is 0.379 e. The van der Waals surface area contributed by atoms with E-state index in [1.165, 1.54) is 0 Å². The molecule has 1 amide bonds. The minimum atomic E-state index is -0.868. The van der Waals surface area contributed by atoms with Gasteiger partial charge in [-0.3, -0.25) is 15.0 Å². The summed E-state index contributed by atoms with van der Waals surface area (Å²) in [5.74, 6) is -0.339. The first-order valence-corrected chi connectivity index (χ1v) is 7.48. The zero-order valence-electron chi connectivity index (χ0n) is 12.8.